The van der Waals surface area contributed by atoms with Crippen molar-refractivity contribution in [1.29, 1.82) is 0 Å². The molecule has 5 heteroatoms. The Morgan fingerprint density at radius 3 is 3.20 bits per heavy atom. The number of carbonyl (C=O) groups excluding carboxylic acids is 1. The minimum Gasteiger partial charge on any atom is -0.466 e. The second kappa shape index (κ2) is 7.36. The fourth-order valence-corrected chi connectivity index (χ4v) is 2.65. The van der Waals surface area contributed by atoms with E-state index in [1.165, 1.54) is 5.56 Å². The highest BCUT2D eigenvalue weighted by molar-refractivity contribution is 5.72. The van der Waals surface area contributed by atoms with Crippen molar-refractivity contribution in [3.63, 3.8) is 0 Å². The van der Waals surface area contributed by atoms with E-state index in [0.717, 1.165) is 38.2 Å². The Kier molecular flexibility index (Phi) is 5.49. The molecule has 0 aliphatic carbocycles. The van der Waals surface area contributed by atoms with Crippen LogP contribution in [0.1, 0.15) is 31.0 Å². The van der Waals surface area contributed by atoms with Crippen molar-refractivity contribution in [1.82, 2.24) is 9.88 Å². The Bertz CT molecular complexity index is 450. The summed E-state index contributed by atoms with van der Waals surface area (Å²) in [7, 11) is 0. The molecule has 0 radical (unpaired) electrons. The molecule has 1 saturated heterocycles. The van der Waals surface area contributed by atoms with Crippen molar-refractivity contribution in [3.8, 4) is 0 Å². The van der Waals surface area contributed by atoms with Crippen molar-refractivity contribution in [2.45, 2.75) is 32.9 Å². The molecule has 2 heterocycles. The second-order valence-electron chi connectivity index (χ2n) is 5.19. The van der Waals surface area contributed by atoms with Crippen molar-refractivity contribution in [3.05, 3.63) is 29.6 Å². The molecule has 1 aromatic rings. The first-order valence-electron chi connectivity index (χ1n) is 7.25. The fourth-order valence-electron chi connectivity index (χ4n) is 2.65. The average Bonchev–Trinajstić information content (AvgIpc) is 2.48. The number of hydrogen-bond acceptors (Lipinski definition) is 5. The molecule has 1 atom stereocenters. The Morgan fingerprint density at radius 2 is 2.45 bits per heavy atom. The summed E-state index contributed by atoms with van der Waals surface area (Å²) in [5, 5.41) is 0. The van der Waals surface area contributed by atoms with Gasteiger partial charge in [-0.2, -0.15) is 0 Å². The summed E-state index contributed by atoms with van der Waals surface area (Å²) >= 11 is 0. The molecule has 0 saturated carbocycles. The Morgan fingerprint density at radius 1 is 1.60 bits per heavy atom. The van der Waals surface area contributed by atoms with E-state index in [4.69, 9.17) is 10.5 Å². The number of esters is 1. The highest BCUT2D eigenvalue weighted by atomic mass is 16.5. The van der Waals surface area contributed by atoms with Crippen LogP contribution in [-0.2, 0) is 22.6 Å². The largest absolute Gasteiger partial charge is 0.466 e. The van der Waals surface area contributed by atoms with Crippen molar-refractivity contribution >= 4 is 5.97 Å². The maximum Gasteiger partial charge on any atom is 0.310 e. The van der Waals surface area contributed by atoms with Crippen LogP contribution in [0.2, 0.25) is 0 Å². The van der Waals surface area contributed by atoms with Gasteiger partial charge in [-0.15, -0.1) is 0 Å². The third-order valence-corrected chi connectivity index (χ3v) is 3.62. The molecule has 1 aliphatic heterocycles. The lowest BCUT2D eigenvalue weighted by atomic mass is 9.98. The number of hydrogen-bond donors (Lipinski definition) is 1. The topological polar surface area (TPSA) is 68.5 Å². The summed E-state index contributed by atoms with van der Waals surface area (Å²) in [4.78, 5) is 18.3. The molecule has 1 fully saturated rings. The van der Waals surface area contributed by atoms with Gasteiger partial charge >= 0.3 is 5.97 Å². The highest BCUT2D eigenvalue weighted by Gasteiger charge is 2.26. The molecule has 0 spiro atoms. The van der Waals surface area contributed by atoms with Crippen molar-refractivity contribution < 1.29 is 9.53 Å². The summed E-state index contributed by atoms with van der Waals surface area (Å²) in [5.74, 6) is -0.0471. The number of carbonyl (C=O) groups is 1. The predicted octanol–water partition coefficient (Wildman–Crippen LogP) is 1.32. The molecule has 20 heavy (non-hydrogen) atoms. The summed E-state index contributed by atoms with van der Waals surface area (Å²) < 4.78 is 5.12. The Balaban J connectivity index is 1.93. The zero-order valence-electron chi connectivity index (χ0n) is 12.0. The summed E-state index contributed by atoms with van der Waals surface area (Å²) in [6, 6.07) is 4.04. The van der Waals surface area contributed by atoms with Crippen LogP contribution in [0.4, 0.5) is 0 Å². The molecule has 1 aromatic heterocycles. The van der Waals surface area contributed by atoms with E-state index in [1.54, 1.807) is 6.20 Å². The molecule has 0 amide bonds. The van der Waals surface area contributed by atoms with E-state index < -0.39 is 0 Å². The van der Waals surface area contributed by atoms with E-state index in [-0.39, 0.29) is 11.9 Å². The van der Waals surface area contributed by atoms with Gasteiger partial charge in [0, 0.05) is 25.8 Å². The van der Waals surface area contributed by atoms with Crippen LogP contribution in [0.15, 0.2) is 18.3 Å². The third kappa shape index (κ3) is 4.02. The highest BCUT2D eigenvalue weighted by Crippen LogP contribution is 2.19. The smallest absolute Gasteiger partial charge is 0.310 e. The van der Waals surface area contributed by atoms with Crippen LogP contribution in [0.3, 0.4) is 0 Å². The van der Waals surface area contributed by atoms with Gasteiger partial charge < -0.3 is 10.5 Å². The van der Waals surface area contributed by atoms with Gasteiger partial charge in [0.15, 0.2) is 0 Å². The lowest BCUT2D eigenvalue weighted by Gasteiger charge is -2.31. The van der Waals surface area contributed by atoms with E-state index >= 15 is 0 Å². The number of nitrogens with zero attached hydrogens (tertiary/aromatic N) is 2. The second-order valence-corrected chi connectivity index (χ2v) is 5.19. The van der Waals surface area contributed by atoms with Crippen LogP contribution in [0, 0.1) is 5.92 Å². The first-order valence-corrected chi connectivity index (χ1v) is 7.25. The van der Waals surface area contributed by atoms with Gasteiger partial charge in [-0.05, 0) is 44.0 Å². The number of likely N-dealkylation sites (tertiary alicyclic amines) is 1. The van der Waals surface area contributed by atoms with Crippen LogP contribution in [0.25, 0.3) is 0 Å². The molecule has 0 aromatic carbocycles. The molecule has 1 unspecified atom stereocenters. The zero-order valence-corrected chi connectivity index (χ0v) is 12.0. The van der Waals surface area contributed by atoms with Gasteiger partial charge in [0.05, 0.1) is 18.2 Å². The van der Waals surface area contributed by atoms with Crippen molar-refractivity contribution in [2.75, 3.05) is 19.7 Å². The minimum atomic E-state index is -0.0606. The van der Waals surface area contributed by atoms with Crippen LogP contribution >= 0.6 is 0 Å². The molecular weight excluding hydrogens is 254 g/mol. The molecule has 5 nitrogen and oxygen atoms in total. The Labute approximate surface area is 120 Å². The fraction of sp³-hybridized carbons (Fsp3) is 0.600. The lowest BCUT2D eigenvalue weighted by molar-refractivity contribution is -0.150. The summed E-state index contributed by atoms with van der Waals surface area (Å²) in [5.41, 5.74) is 7.71. The van der Waals surface area contributed by atoms with Gasteiger partial charge in [-0.1, -0.05) is 0 Å². The summed E-state index contributed by atoms with van der Waals surface area (Å²) in [6.45, 7) is 5.41. The van der Waals surface area contributed by atoms with Gasteiger partial charge in [-0.25, -0.2) is 0 Å². The van der Waals surface area contributed by atoms with Crippen molar-refractivity contribution in [2.24, 2.45) is 11.7 Å². The molecule has 2 rings (SSSR count). The number of ether oxygens (including phenoxy) is 1. The van der Waals surface area contributed by atoms with E-state index in [0.29, 0.717) is 13.2 Å². The lowest BCUT2D eigenvalue weighted by Crippen LogP contribution is -2.38. The Hall–Kier alpha value is -1.46. The normalized spacial score (nSPS) is 19.8. The number of aromatic nitrogens is 1. The third-order valence-electron chi connectivity index (χ3n) is 3.62. The number of nitrogens with two attached hydrogens (primary N) is 1. The first-order chi connectivity index (χ1) is 9.72. The quantitative estimate of drug-likeness (QED) is 0.822. The summed E-state index contributed by atoms with van der Waals surface area (Å²) in [6.07, 6.45) is 3.77. The first kappa shape index (κ1) is 14.9. The van der Waals surface area contributed by atoms with E-state index in [1.807, 2.05) is 19.1 Å². The van der Waals surface area contributed by atoms with Gasteiger partial charge in [0.2, 0.25) is 0 Å². The van der Waals surface area contributed by atoms with Crippen LogP contribution in [-0.4, -0.2) is 35.5 Å². The molecule has 1 aliphatic rings. The number of rotatable bonds is 5. The van der Waals surface area contributed by atoms with Gasteiger partial charge in [0.25, 0.3) is 0 Å². The predicted molar refractivity (Wildman–Crippen MR) is 76.8 cm³/mol. The molecule has 110 valence electrons. The number of piperidine rings is 1. The van der Waals surface area contributed by atoms with E-state index in [9.17, 15) is 4.79 Å². The average molecular weight is 277 g/mol. The van der Waals surface area contributed by atoms with Crippen LogP contribution < -0.4 is 5.73 Å². The zero-order chi connectivity index (χ0) is 14.4. The van der Waals surface area contributed by atoms with E-state index in [2.05, 4.69) is 9.88 Å². The molecule has 2 N–H and O–H groups in total. The van der Waals surface area contributed by atoms with Gasteiger partial charge in [0.1, 0.15) is 0 Å². The molecule has 0 bridgehead atoms. The number of pyridine rings is 1. The standard InChI is InChI=1S/C15H23N3O2/c1-2-20-15(19)13-4-3-7-18(11-13)10-12-5-6-17-14(8-12)9-16/h5-6,8,13H,2-4,7,9-11,16H2,1H3. The molecular formula is C15H23N3O2. The maximum atomic E-state index is 11.8. The minimum absolute atomic E-state index is 0.0134. The van der Waals surface area contributed by atoms with Crippen LogP contribution in [0.5, 0.6) is 0 Å². The van der Waals surface area contributed by atoms with Gasteiger partial charge in [-0.3, -0.25) is 14.7 Å². The maximum absolute atomic E-state index is 11.8. The monoisotopic (exact) mass is 277 g/mol. The SMILES string of the molecule is CCOC(=O)C1CCCN(Cc2ccnc(CN)c2)C1.